The number of nitrogens with one attached hydrogen (secondary N) is 1. The van der Waals surface area contributed by atoms with Crippen LogP contribution in [0, 0.1) is 0 Å². The van der Waals surface area contributed by atoms with Crippen molar-refractivity contribution in [2.24, 2.45) is 0 Å². The van der Waals surface area contributed by atoms with Gasteiger partial charge >= 0.3 is 0 Å². The molecule has 0 aromatic rings. The highest BCUT2D eigenvalue weighted by Crippen LogP contribution is 2.27. The van der Waals surface area contributed by atoms with Crippen LogP contribution in [-0.4, -0.2) is 62.5 Å². The van der Waals surface area contributed by atoms with Crippen molar-refractivity contribution < 1.29 is 9.47 Å². The fourth-order valence-corrected chi connectivity index (χ4v) is 3.02. The summed E-state index contributed by atoms with van der Waals surface area (Å²) in [4.78, 5) is 2.57. The minimum absolute atomic E-state index is 0.481. The number of likely N-dealkylation sites (tertiary alicyclic amines) is 1. The minimum atomic E-state index is 0.481. The molecule has 3 aliphatic rings. The maximum absolute atomic E-state index is 5.89. The summed E-state index contributed by atoms with van der Waals surface area (Å²) in [6.07, 6.45) is 6.17. The van der Waals surface area contributed by atoms with Crippen LogP contribution in [0.25, 0.3) is 0 Å². The van der Waals surface area contributed by atoms with Crippen LogP contribution in [0.5, 0.6) is 0 Å². The molecule has 0 aromatic heterocycles. The molecule has 3 unspecified atom stereocenters. The molecule has 3 rings (SSSR count). The highest BCUT2D eigenvalue weighted by Gasteiger charge is 2.36. The van der Waals surface area contributed by atoms with Crippen LogP contribution in [0.1, 0.15) is 25.7 Å². The van der Waals surface area contributed by atoms with Crippen LogP contribution in [0.2, 0.25) is 0 Å². The van der Waals surface area contributed by atoms with Crippen LogP contribution in [0.3, 0.4) is 0 Å². The maximum Gasteiger partial charge on any atom is 0.0707 e. The average molecular weight is 240 g/mol. The van der Waals surface area contributed by atoms with Crippen molar-refractivity contribution in [1.82, 2.24) is 10.2 Å². The lowest BCUT2D eigenvalue weighted by Gasteiger charge is -2.37. The van der Waals surface area contributed by atoms with E-state index in [1.54, 1.807) is 7.11 Å². The van der Waals surface area contributed by atoms with Gasteiger partial charge in [-0.15, -0.1) is 0 Å². The normalized spacial score (nSPS) is 35.1. The third kappa shape index (κ3) is 2.99. The molecule has 2 saturated heterocycles. The largest absolute Gasteiger partial charge is 0.383 e. The summed E-state index contributed by atoms with van der Waals surface area (Å²) in [7, 11) is 1.80. The summed E-state index contributed by atoms with van der Waals surface area (Å²) in [5.74, 6) is 0. The van der Waals surface area contributed by atoms with E-state index >= 15 is 0 Å². The number of rotatable bonds is 6. The van der Waals surface area contributed by atoms with Crippen molar-refractivity contribution in [3.63, 3.8) is 0 Å². The Morgan fingerprint density at radius 1 is 1.24 bits per heavy atom. The Hall–Kier alpha value is -0.160. The molecule has 1 aliphatic carbocycles. The summed E-state index contributed by atoms with van der Waals surface area (Å²) in [5, 5.41) is 3.63. The van der Waals surface area contributed by atoms with Gasteiger partial charge in [0.15, 0.2) is 0 Å². The molecule has 2 bridgehead atoms. The number of ether oxygens (including phenoxy) is 2. The molecule has 0 radical (unpaired) electrons. The summed E-state index contributed by atoms with van der Waals surface area (Å²) in [6, 6.07) is 1.31. The Balaban J connectivity index is 1.53. The van der Waals surface area contributed by atoms with E-state index in [4.69, 9.17) is 9.47 Å². The number of hydrogen-bond acceptors (Lipinski definition) is 4. The molecule has 3 atom stereocenters. The van der Waals surface area contributed by atoms with Crippen molar-refractivity contribution in [1.29, 1.82) is 0 Å². The second kappa shape index (κ2) is 5.22. The number of hydrogen-bond donors (Lipinski definition) is 1. The zero-order chi connectivity index (χ0) is 11.7. The van der Waals surface area contributed by atoms with Gasteiger partial charge in [0.2, 0.25) is 0 Å². The van der Waals surface area contributed by atoms with E-state index in [0.29, 0.717) is 18.2 Å². The second-order valence-electron chi connectivity index (χ2n) is 5.70. The fraction of sp³-hybridized carbons (Fsp3) is 1.00. The average Bonchev–Trinajstić information content (AvgIpc) is 3.10. The Morgan fingerprint density at radius 3 is 2.53 bits per heavy atom. The predicted octanol–water partition coefficient (Wildman–Crippen LogP) is 0.617. The first-order chi connectivity index (χ1) is 8.35. The molecular weight excluding hydrogens is 216 g/mol. The Morgan fingerprint density at radius 2 is 1.94 bits per heavy atom. The highest BCUT2D eigenvalue weighted by molar-refractivity contribution is 4.90. The molecule has 2 heterocycles. The summed E-state index contributed by atoms with van der Waals surface area (Å²) >= 11 is 0. The van der Waals surface area contributed by atoms with Gasteiger partial charge in [-0.25, -0.2) is 0 Å². The van der Waals surface area contributed by atoms with E-state index in [1.807, 2.05) is 0 Å². The zero-order valence-corrected chi connectivity index (χ0v) is 10.7. The first kappa shape index (κ1) is 11.9. The lowest BCUT2D eigenvalue weighted by Crippen LogP contribution is -2.53. The minimum Gasteiger partial charge on any atom is -0.383 e. The number of fused-ring (bicyclic) bond motifs is 2. The second-order valence-corrected chi connectivity index (χ2v) is 5.70. The topological polar surface area (TPSA) is 33.7 Å². The van der Waals surface area contributed by atoms with Crippen molar-refractivity contribution in [2.45, 2.75) is 50.0 Å². The SMILES string of the molecule is COCC(CNC1CC1)N1CC2CCC(C1)O2. The maximum atomic E-state index is 5.89. The van der Waals surface area contributed by atoms with Crippen molar-refractivity contribution in [3.05, 3.63) is 0 Å². The van der Waals surface area contributed by atoms with Gasteiger partial charge in [-0.2, -0.15) is 0 Å². The third-order valence-corrected chi connectivity index (χ3v) is 4.17. The van der Waals surface area contributed by atoms with Gasteiger partial charge in [-0.1, -0.05) is 0 Å². The molecule has 17 heavy (non-hydrogen) atoms. The first-order valence-corrected chi connectivity index (χ1v) is 6.97. The standard InChI is InChI=1S/C13H24N2O2/c1-16-9-11(6-14-10-2-3-10)15-7-12-4-5-13(8-15)17-12/h10-14H,2-9H2,1H3. The smallest absolute Gasteiger partial charge is 0.0707 e. The molecule has 1 N–H and O–H groups in total. The van der Waals surface area contributed by atoms with Gasteiger partial charge in [0.05, 0.1) is 18.8 Å². The molecule has 4 nitrogen and oxygen atoms in total. The van der Waals surface area contributed by atoms with E-state index in [0.717, 1.165) is 32.3 Å². The Bertz CT molecular complexity index is 246. The van der Waals surface area contributed by atoms with Gasteiger partial charge in [-0.3, -0.25) is 4.90 Å². The zero-order valence-electron chi connectivity index (χ0n) is 10.7. The van der Waals surface area contributed by atoms with Gasteiger partial charge in [0.1, 0.15) is 0 Å². The lowest BCUT2D eigenvalue weighted by molar-refractivity contribution is -0.0618. The van der Waals surface area contributed by atoms with E-state index in [1.165, 1.54) is 25.7 Å². The Labute approximate surface area is 104 Å². The molecule has 0 aromatic carbocycles. The summed E-state index contributed by atoms with van der Waals surface area (Å²) in [6.45, 7) is 4.09. The molecule has 1 saturated carbocycles. The fourth-order valence-electron chi connectivity index (χ4n) is 3.02. The molecule has 0 amide bonds. The van der Waals surface area contributed by atoms with E-state index in [2.05, 4.69) is 10.2 Å². The molecular formula is C13H24N2O2. The molecule has 0 spiro atoms. The quantitative estimate of drug-likeness (QED) is 0.738. The predicted molar refractivity (Wildman–Crippen MR) is 66.2 cm³/mol. The molecule has 4 heteroatoms. The van der Waals surface area contributed by atoms with Crippen molar-refractivity contribution in [3.8, 4) is 0 Å². The van der Waals surface area contributed by atoms with Crippen molar-refractivity contribution >= 4 is 0 Å². The molecule has 2 aliphatic heterocycles. The number of methoxy groups -OCH3 is 1. The van der Waals surface area contributed by atoms with Gasteiger partial charge in [0.25, 0.3) is 0 Å². The lowest BCUT2D eigenvalue weighted by atomic mass is 10.2. The highest BCUT2D eigenvalue weighted by atomic mass is 16.5. The Kier molecular flexibility index (Phi) is 3.66. The van der Waals surface area contributed by atoms with Crippen LogP contribution < -0.4 is 5.32 Å². The number of morpholine rings is 1. The van der Waals surface area contributed by atoms with Gasteiger partial charge in [-0.05, 0) is 25.7 Å². The molecule has 3 fully saturated rings. The first-order valence-electron chi connectivity index (χ1n) is 6.97. The van der Waals surface area contributed by atoms with E-state index in [-0.39, 0.29) is 0 Å². The van der Waals surface area contributed by atoms with E-state index in [9.17, 15) is 0 Å². The van der Waals surface area contributed by atoms with Crippen LogP contribution in [-0.2, 0) is 9.47 Å². The van der Waals surface area contributed by atoms with E-state index < -0.39 is 0 Å². The monoisotopic (exact) mass is 240 g/mol. The third-order valence-electron chi connectivity index (χ3n) is 4.17. The van der Waals surface area contributed by atoms with Crippen LogP contribution in [0.15, 0.2) is 0 Å². The van der Waals surface area contributed by atoms with Crippen LogP contribution >= 0.6 is 0 Å². The number of nitrogens with zero attached hydrogens (tertiary/aromatic N) is 1. The van der Waals surface area contributed by atoms with Gasteiger partial charge in [0, 0.05) is 38.8 Å². The van der Waals surface area contributed by atoms with Crippen molar-refractivity contribution in [2.75, 3.05) is 33.4 Å². The molecule has 98 valence electrons. The summed E-state index contributed by atoms with van der Waals surface area (Å²) < 4.78 is 11.3. The summed E-state index contributed by atoms with van der Waals surface area (Å²) in [5.41, 5.74) is 0. The van der Waals surface area contributed by atoms with Gasteiger partial charge < -0.3 is 14.8 Å². The van der Waals surface area contributed by atoms with Crippen LogP contribution in [0.4, 0.5) is 0 Å².